The van der Waals surface area contributed by atoms with Gasteiger partial charge in [-0.1, -0.05) is 43.2 Å². The Morgan fingerprint density at radius 3 is 2.44 bits per heavy atom. The number of fused-ring (bicyclic) bond motifs is 1. The number of alkyl carbamates (subject to hydrolysis) is 1. The maximum atomic E-state index is 12.8. The second-order valence-electron chi connectivity index (χ2n) is 9.24. The van der Waals surface area contributed by atoms with Crippen molar-refractivity contribution in [3.63, 3.8) is 0 Å². The summed E-state index contributed by atoms with van der Waals surface area (Å²) in [6.07, 6.45) is 2.13. The maximum absolute atomic E-state index is 12.8. The van der Waals surface area contributed by atoms with Crippen LogP contribution in [0, 0.1) is 0 Å². The van der Waals surface area contributed by atoms with E-state index < -0.39 is 23.7 Å². The third-order valence-electron chi connectivity index (χ3n) is 5.20. The summed E-state index contributed by atoms with van der Waals surface area (Å²) in [5.41, 5.74) is 1.86. The number of amides is 1. The van der Waals surface area contributed by atoms with Crippen LogP contribution in [0.5, 0.6) is 0 Å². The van der Waals surface area contributed by atoms with Crippen molar-refractivity contribution >= 4 is 28.9 Å². The second-order valence-corrected chi connectivity index (χ2v) is 9.24. The van der Waals surface area contributed by atoms with Gasteiger partial charge in [-0.15, -0.1) is 0 Å². The summed E-state index contributed by atoms with van der Waals surface area (Å²) < 4.78 is 5.41. The van der Waals surface area contributed by atoms with Gasteiger partial charge in [0, 0.05) is 17.5 Å². The average molecular weight is 466 g/mol. The molecule has 0 fully saturated rings. The van der Waals surface area contributed by atoms with Gasteiger partial charge in [0.05, 0.1) is 17.1 Å². The molecule has 1 amide bonds. The average Bonchev–Trinajstić information content (AvgIpc) is 3.20. The highest BCUT2D eigenvalue weighted by atomic mass is 16.6. The smallest absolute Gasteiger partial charge is 0.408 e. The number of hydrogen-bond donors (Lipinski definition) is 3. The largest absolute Gasteiger partial charge is 0.481 e. The van der Waals surface area contributed by atoms with Crippen LogP contribution < -0.4 is 5.32 Å². The molecule has 0 unspecified atom stereocenters. The van der Waals surface area contributed by atoms with E-state index in [9.17, 15) is 14.4 Å². The molecule has 1 heterocycles. The molecular weight excluding hydrogens is 434 g/mol. The molecule has 1 aromatic heterocycles. The molecule has 34 heavy (non-hydrogen) atoms. The third kappa shape index (κ3) is 7.16. The van der Waals surface area contributed by atoms with Crippen LogP contribution in [0.15, 0.2) is 48.5 Å². The molecule has 180 valence electrons. The van der Waals surface area contributed by atoms with Gasteiger partial charge in [0.15, 0.2) is 5.78 Å². The van der Waals surface area contributed by atoms with E-state index in [1.165, 1.54) is 0 Å². The van der Waals surface area contributed by atoms with E-state index >= 15 is 0 Å². The van der Waals surface area contributed by atoms with Crippen LogP contribution in [0.4, 0.5) is 4.79 Å². The molecule has 3 rings (SSSR count). The number of carboxylic acid groups (broad SMARTS) is 1. The lowest BCUT2D eigenvalue weighted by atomic mass is 10.0. The number of carbonyl (C=O) groups excluding carboxylic acids is 2. The number of nitrogens with zero attached hydrogens (tertiary/aromatic N) is 1. The molecule has 0 bridgehead atoms. The Bertz CT molecular complexity index is 1150. The summed E-state index contributed by atoms with van der Waals surface area (Å²) in [7, 11) is 0. The summed E-state index contributed by atoms with van der Waals surface area (Å²) in [6.45, 7) is 5.37. The van der Waals surface area contributed by atoms with Crippen LogP contribution in [-0.2, 0) is 9.53 Å². The summed E-state index contributed by atoms with van der Waals surface area (Å²) in [5.74, 6) is -0.348. The number of benzene rings is 2. The fraction of sp³-hybridized carbons (Fsp3) is 0.385. The number of aromatic nitrogens is 2. The summed E-state index contributed by atoms with van der Waals surface area (Å²) in [4.78, 5) is 43.9. The van der Waals surface area contributed by atoms with Gasteiger partial charge in [0.25, 0.3) is 0 Å². The Kier molecular flexibility index (Phi) is 8.04. The Hall–Kier alpha value is -3.68. The number of unbranched alkanes of at least 4 members (excludes halogenated alkanes) is 2. The molecule has 0 aliphatic carbocycles. The minimum atomic E-state index is -0.818. The van der Waals surface area contributed by atoms with Gasteiger partial charge in [-0.25, -0.2) is 9.78 Å². The van der Waals surface area contributed by atoms with Crippen molar-refractivity contribution in [2.45, 2.75) is 64.5 Å². The lowest BCUT2D eigenvalue weighted by molar-refractivity contribution is -0.137. The van der Waals surface area contributed by atoms with E-state index in [2.05, 4.69) is 15.3 Å². The minimum Gasteiger partial charge on any atom is -0.481 e. The quantitative estimate of drug-likeness (QED) is 0.272. The topological polar surface area (TPSA) is 121 Å². The fourth-order valence-corrected chi connectivity index (χ4v) is 3.62. The molecule has 0 saturated heterocycles. The molecule has 3 N–H and O–H groups in total. The zero-order valence-electron chi connectivity index (χ0n) is 19.8. The van der Waals surface area contributed by atoms with Crippen molar-refractivity contribution in [3.05, 3.63) is 65.5 Å². The number of aromatic amines is 1. The Morgan fingerprint density at radius 2 is 1.76 bits per heavy atom. The number of carboxylic acids is 1. The molecule has 3 aromatic rings. The molecule has 0 aliphatic heterocycles. The summed E-state index contributed by atoms with van der Waals surface area (Å²) in [5, 5.41) is 11.7. The highest BCUT2D eigenvalue weighted by molar-refractivity contribution is 6.10. The van der Waals surface area contributed by atoms with E-state index in [0.29, 0.717) is 41.7 Å². The highest BCUT2D eigenvalue weighted by Gasteiger charge is 2.23. The first-order valence-electron chi connectivity index (χ1n) is 11.4. The van der Waals surface area contributed by atoms with E-state index in [1.54, 1.807) is 51.1 Å². The first-order chi connectivity index (χ1) is 16.1. The highest BCUT2D eigenvalue weighted by Crippen LogP contribution is 2.23. The van der Waals surface area contributed by atoms with Gasteiger partial charge in [0.1, 0.15) is 11.4 Å². The number of H-pyrrole nitrogens is 1. The van der Waals surface area contributed by atoms with E-state index in [0.717, 1.165) is 11.9 Å². The van der Waals surface area contributed by atoms with E-state index in [1.807, 2.05) is 18.2 Å². The molecule has 8 nitrogen and oxygen atoms in total. The van der Waals surface area contributed by atoms with Crippen molar-refractivity contribution in [2.24, 2.45) is 0 Å². The van der Waals surface area contributed by atoms with Gasteiger partial charge in [-0.05, 0) is 51.8 Å². The van der Waals surface area contributed by atoms with Crippen LogP contribution >= 0.6 is 0 Å². The SMILES string of the molecule is CC(C)(C)OC(=O)N[C@@H](CCCCCC(=O)O)c1nc2cc(C(=O)c3ccccc3)ccc2[nH]1. The van der Waals surface area contributed by atoms with Crippen molar-refractivity contribution in [1.82, 2.24) is 15.3 Å². The van der Waals surface area contributed by atoms with Gasteiger partial charge in [0.2, 0.25) is 0 Å². The Labute approximate surface area is 198 Å². The van der Waals surface area contributed by atoms with Crippen molar-refractivity contribution in [3.8, 4) is 0 Å². The van der Waals surface area contributed by atoms with Crippen LogP contribution in [0.3, 0.4) is 0 Å². The summed E-state index contributed by atoms with van der Waals surface area (Å²) >= 11 is 0. The Morgan fingerprint density at radius 1 is 1.03 bits per heavy atom. The third-order valence-corrected chi connectivity index (χ3v) is 5.20. The number of imidazole rings is 1. The number of nitrogens with one attached hydrogen (secondary N) is 2. The lowest BCUT2D eigenvalue weighted by Gasteiger charge is -2.23. The molecule has 1 atom stereocenters. The number of ketones is 1. The van der Waals surface area contributed by atoms with Crippen molar-refractivity contribution < 1.29 is 24.2 Å². The van der Waals surface area contributed by atoms with Gasteiger partial charge < -0.3 is 20.1 Å². The zero-order chi connectivity index (χ0) is 24.7. The molecule has 0 spiro atoms. The van der Waals surface area contributed by atoms with Gasteiger partial charge in [-0.3, -0.25) is 9.59 Å². The summed E-state index contributed by atoms with van der Waals surface area (Å²) in [6, 6.07) is 13.9. The number of aliphatic carboxylic acids is 1. The van der Waals surface area contributed by atoms with Crippen LogP contribution in [0.25, 0.3) is 11.0 Å². The predicted molar refractivity (Wildman–Crippen MR) is 129 cm³/mol. The van der Waals surface area contributed by atoms with E-state index in [4.69, 9.17) is 9.84 Å². The molecular formula is C26H31N3O5. The number of hydrogen-bond acceptors (Lipinski definition) is 5. The fourth-order valence-electron chi connectivity index (χ4n) is 3.62. The molecule has 0 aliphatic rings. The lowest BCUT2D eigenvalue weighted by Crippen LogP contribution is -2.35. The monoisotopic (exact) mass is 465 g/mol. The van der Waals surface area contributed by atoms with Crippen molar-refractivity contribution in [1.29, 1.82) is 0 Å². The Balaban J connectivity index is 1.79. The molecule has 0 radical (unpaired) electrons. The van der Waals surface area contributed by atoms with Crippen molar-refractivity contribution in [2.75, 3.05) is 0 Å². The first-order valence-corrected chi connectivity index (χ1v) is 11.4. The zero-order valence-corrected chi connectivity index (χ0v) is 19.8. The van der Waals surface area contributed by atoms with Crippen LogP contribution in [0.1, 0.15) is 80.7 Å². The predicted octanol–water partition coefficient (Wildman–Crippen LogP) is 5.39. The van der Waals surface area contributed by atoms with Gasteiger partial charge >= 0.3 is 12.1 Å². The molecule has 0 saturated carbocycles. The normalized spacial score (nSPS) is 12.3. The standard InChI is InChI=1S/C26H31N3O5/c1-26(2,3)34-25(33)29-20(12-8-5-9-13-22(30)31)24-27-19-15-14-18(16-21(19)28-24)23(32)17-10-6-4-7-11-17/h4,6-7,10-11,14-16,20H,5,8-9,12-13H2,1-3H3,(H,27,28)(H,29,33)(H,30,31)/t20-/m0/s1. The number of carbonyl (C=O) groups is 3. The van der Waals surface area contributed by atoms with Crippen LogP contribution in [-0.4, -0.2) is 38.5 Å². The van der Waals surface area contributed by atoms with Gasteiger partial charge in [-0.2, -0.15) is 0 Å². The first kappa shape index (κ1) is 25.0. The van der Waals surface area contributed by atoms with E-state index in [-0.39, 0.29) is 12.2 Å². The maximum Gasteiger partial charge on any atom is 0.408 e. The minimum absolute atomic E-state index is 0.0890. The van der Waals surface area contributed by atoms with Crippen LogP contribution in [0.2, 0.25) is 0 Å². The number of rotatable bonds is 10. The number of ether oxygens (including phenoxy) is 1. The molecule has 2 aromatic carbocycles. The second kappa shape index (κ2) is 11.0. The molecule has 8 heteroatoms.